The van der Waals surface area contributed by atoms with Crippen LogP contribution in [-0.2, 0) is 9.53 Å². The lowest BCUT2D eigenvalue weighted by molar-refractivity contribution is -0.142. The molecule has 2 rings (SSSR count). The molecule has 2 heterocycles. The number of hydrogen-bond acceptors (Lipinski definition) is 5. The molecule has 0 amide bonds. The number of carbonyl (C=O) groups is 1. The van der Waals surface area contributed by atoms with Crippen LogP contribution >= 0.6 is 0 Å². The molecule has 0 bridgehead atoms. The summed E-state index contributed by atoms with van der Waals surface area (Å²) in [6, 6.07) is 0.392. The maximum absolute atomic E-state index is 11.5. The summed E-state index contributed by atoms with van der Waals surface area (Å²) in [5.74, 6) is -0.0681. The van der Waals surface area contributed by atoms with E-state index in [1.165, 1.54) is 46.1 Å². The van der Waals surface area contributed by atoms with E-state index in [0.717, 1.165) is 26.1 Å². The number of methoxy groups -OCH3 is 1. The fraction of sp³-hybridized carbons (Fsp3) is 0.933. The molecule has 2 saturated heterocycles. The Bertz CT molecular complexity index is 303. The van der Waals surface area contributed by atoms with Crippen molar-refractivity contribution in [3.63, 3.8) is 0 Å². The average molecular weight is 283 g/mol. The molecule has 20 heavy (non-hydrogen) atoms. The Hall–Kier alpha value is -0.650. The number of piperidine rings is 1. The Morgan fingerprint density at radius 1 is 1.10 bits per heavy atom. The highest BCUT2D eigenvalue weighted by Crippen LogP contribution is 2.20. The van der Waals surface area contributed by atoms with Gasteiger partial charge >= 0.3 is 5.97 Å². The fourth-order valence-electron chi connectivity index (χ4n) is 3.20. The maximum atomic E-state index is 11.5. The van der Waals surface area contributed by atoms with Crippen LogP contribution in [0.15, 0.2) is 0 Å². The van der Waals surface area contributed by atoms with Crippen molar-refractivity contribution in [3.05, 3.63) is 0 Å². The first-order chi connectivity index (χ1) is 9.69. The molecule has 2 aliphatic rings. The van der Waals surface area contributed by atoms with Crippen LogP contribution in [0.5, 0.6) is 0 Å². The maximum Gasteiger partial charge on any atom is 0.307 e. The van der Waals surface area contributed by atoms with E-state index in [-0.39, 0.29) is 5.97 Å². The molecular formula is C15H29N3O2. The van der Waals surface area contributed by atoms with Gasteiger partial charge in [0.25, 0.3) is 0 Å². The molecule has 2 aliphatic heterocycles. The molecule has 116 valence electrons. The van der Waals surface area contributed by atoms with E-state index < -0.39 is 0 Å². The van der Waals surface area contributed by atoms with Gasteiger partial charge in [-0.05, 0) is 26.4 Å². The minimum absolute atomic E-state index is 0.0681. The first-order valence-corrected chi connectivity index (χ1v) is 7.91. The normalized spacial score (nSPS) is 26.6. The van der Waals surface area contributed by atoms with Crippen LogP contribution in [0.3, 0.4) is 0 Å². The average Bonchev–Trinajstić information content (AvgIpc) is 2.48. The molecule has 0 aliphatic carbocycles. The molecule has 1 atom stereocenters. The van der Waals surface area contributed by atoms with Crippen molar-refractivity contribution in [2.45, 2.75) is 31.7 Å². The van der Waals surface area contributed by atoms with Crippen LogP contribution in [0.1, 0.15) is 25.7 Å². The molecule has 1 unspecified atom stereocenters. The number of rotatable bonds is 5. The Morgan fingerprint density at radius 2 is 1.85 bits per heavy atom. The van der Waals surface area contributed by atoms with Gasteiger partial charge in [-0.2, -0.15) is 0 Å². The van der Waals surface area contributed by atoms with Crippen molar-refractivity contribution < 1.29 is 9.53 Å². The van der Waals surface area contributed by atoms with Gasteiger partial charge in [0.2, 0.25) is 0 Å². The summed E-state index contributed by atoms with van der Waals surface area (Å²) in [6.45, 7) is 8.04. The van der Waals surface area contributed by atoms with E-state index in [1.807, 2.05) is 0 Å². The third-order valence-electron chi connectivity index (χ3n) is 4.68. The van der Waals surface area contributed by atoms with Crippen LogP contribution in [0.25, 0.3) is 0 Å². The highest BCUT2D eigenvalue weighted by molar-refractivity contribution is 5.69. The van der Waals surface area contributed by atoms with Gasteiger partial charge in [-0.1, -0.05) is 6.42 Å². The largest absolute Gasteiger partial charge is 0.469 e. The number of likely N-dealkylation sites (N-methyl/N-ethyl adjacent to an activating group) is 1. The molecule has 5 nitrogen and oxygen atoms in total. The third kappa shape index (κ3) is 4.72. The molecule has 5 heteroatoms. The van der Waals surface area contributed by atoms with Crippen molar-refractivity contribution in [3.8, 4) is 0 Å². The van der Waals surface area contributed by atoms with E-state index in [0.29, 0.717) is 12.5 Å². The summed E-state index contributed by atoms with van der Waals surface area (Å²) >= 11 is 0. The molecule has 0 radical (unpaired) electrons. The molecule has 0 aromatic heterocycles. The van der Waals surface area contributed by atoms with Crippen molar-refractivity contribution in [1.29, 1.82) is 0 Å². The van der Waals surface area contributed by atoms with Crippen LogP contribution in [-0.4, -0.2) is 86.7 Å². The van der Waals surface area contributed by atoms with Crippen LogP contribution in [0.4, 0.5) is 0 Å². The van der Waals surface area contributed by atoms with Gasteiger partial charge in [-0.3, -0.25) is 14.6 Å². The first-order valence-electron chi connectivity index (χ1n) is 7.91. The van der Waals surface area contributed by atoms with Gasteiger partial charge in [0.15, 0.2) is 0 Å². The van der Waals surface area contributed by atoms with Gasteiger partial charge in [-0.25, -0.2) is 0 Å². The summed E-state index contributed by atoms with van der Waals surface area (Å²) in [5, 5.41) is 0. The first kappa shape index (κ1) is 15.7. The standard InChI is InChI=1S/C15H29N3O2/c1-16-7-9-17(10-8-16)11-12-18-6-4-3-5-14(18)13-15(19)20-2/h14H,3-13H2,1-2H3. The monoisotopic (exact) mass is 283 g/mol. The second kappa shape index (κ2) is 7.96. The zero-order valence-corrected chi connectivity index (χ0v) is 13.0. The highest BCUT2D eigenvalue weighted by atomic mass is 16.5. The number of carbonyl (C=O) groups excluding carboxylic acids is 1. The van der Waals surface area contributed by atoms with Crippen molar-refractivity contribution >= 4 is 5.97 Å². The molecule has 0 saturated carbocycles. The van der Waals surface area contributed by atoms with Crippen molar-refractivity contribution in [2.75, 3.05) is 60.0 Å². The lowest BCUT2D eigenvalue weighted by Gasteiger charge is -2.38. The minimum atomic E-state index is -0.0681. The smallest absolute Gasteiger partial charge is 0.307 e. The Balaban J connectivity index is 1.75. The third-order valence-corrected chi connectivity index (χ3v) is 4.68. The van der Waals surface area contributed by atoms with E-state index in [9.17, 15) is 4.79 Å². The SMILES string of the molecule is COC(=O)CC1CCCCN1CCN1CCN(C)CC1. The van der Waals surface area contributed by atoms with Gasteiger partial charge in [0.05, 0.1) is 13.5 Å². The number of piperazine rings is 1. The van der Waals surface area contributed by atoms with Crippen molar-refractivity contribution in [1.82, 2.24) is 14.7 Å². The minimum Gasteiger partial charge on any atom is -0.469 e. The number of esters is 1. The molecular weight excluding hydrogens is 254 g/mol. The second-order valence-electron chi connectivity index (χ2n) is 6.11. The molecule has 0 N–H and O–H groups in total. The van der Waals surface area contributed by atoms with E-state index >= 15 is 0 Å². The molecule has 0 spiro atoms. The van der Waals surface area contributed by atoms with E-state index in [2.05, 4.69) is 21.7 Å². The summed E-state index contributed by atoms with van der Waals surface area (Å²) < 4.78 is 4.83. The lowest BCUT2D eigenvalue weighted by Crippen LogP contribution is -2.49. The molecule has 0 aromatic carbocycles. The zero-order valence-electron chi connectivity index (χ0n) is 13.0. The van der Waals surface area contributed by atoms with Crippen molar-refractivity contribution in [2.24, 2.45) is 0 Å². The van der Waals surface area contributed by atoms with E-state index in [4.69, 9.17) is 4.74 Å². The van der Waals surface area contributed by atoms with Crippen LogP contribution in [0.2, 0.25) is 0 Å². The van der Waals surface area contributed by atoms with E-state index in [1.54, 1.807) is 0 Å². The molecule has 2 fully saturated rings. The van der Waals surface area contributed by atoms with Gasteiger partial charge < -0.3 is 9.64 Å². The van der Waals surface area contributed by atoms with Gasteiger partial charge in [0.1, 0.15) is 0 Å². The zero-order chi connectivity index (χ0) is 14.4. The predicted molar refractivity (Wildman–Crippen MR) is 79.8 cm³/mol. The lowest BCUT2D eigenvalue weighted by atomic mass is 9.99. The Labute approximate surface area is 122 Å². The number of likely N-dealkylation sites (tertiary alicyclic amines) is 1. The van der Waals surface area contributed by atoms with Crippen LogP contribution < -0.4 is 0 Å². The molecule has 0 aromatic rings. The Kier molecular flexibility index (Phi) is 6.26. The Morgan fingerprint density at radius 3 is 2.55 bits per heavy atom. The number of ether oxygens (including phenoxy) is 1. The highest BCUT2D eigenvalue weighted by Gasteiger charge is 2.25. The predicted octanol–water partition coefficient (Wildman–Crippen LogP) is 0.651. The fourth-order valence-corrected chi connectivity index (χ4v) is 3.20. The summed E-state index contributed by atoms with van der Waals surface area (Å²) in [6.07, 6.45) is 4.20. The topological polar surface area (TPSA) is 36.0 Å². The summed E-state index contributed by atoms with van der Waals surface area (Å²) in [4.78, 5) is 18.9. The summed E-state index contributed by atoms with van der Waals surface area (Å²) in [7, 11) is 3.67. The van der Waals surface area contributed by atoms with Crippen LogP contribution in [0, 0.1) is 0 Å². The van der Waals surface area contributed by atoms with Gasteiger partial charge in [0, 0.05) is 45.3 Å². The second-order valence-corrected chi connectivity index (χ2v) is 6.11. The number of nitrogens with zero attached hydrogens (tertiary/aromatic N) is 3. The van der Waals surface area contributed by atoms with Gasteiger partial charge in [-0.15, -0.1) is 0 Å². The number of hydrogen-bond donors (Lipinski definition) is 0. The quantitative estimate of drug-likeness (QED) is 0.693. The summed E-state index contributed by atoms with van der Waals surface area (Å²) in [5.41, 5.74) is 0.